The summed E-state index contributed by atoms with van der Waals surface area (Å²) in [5.74, 6) is -1.48. The minimum atomic E-state index is -0.730. The number of pyridine rings is 1. The summed E-state index contributed by atoms with van der Waals surface area (Å²) in [6.45, 7) is 3.01. The van der Waals surface area contributed by atoms with E-state index in [1.165, 1.54) is 4.90 Å². The lowest BCUT2D eigenvalue weighted by atomic mass is 9.97. The summed E-state index contributed by atoms with van der Waals surface area (Å²) in [6.07, 6.45) is 4.17. The molecule has 1 aromatic heterocycles. The molecule has 2 aliphatic heterocycles. The van der Waals surface area contributed by atoms with Crippen LogP contribution in [-0.4, -0.2) is 45.9 Å². The third-order valence-electron chi connectivity index (χ3n) is 5.57. The molecule has 2 saturated heterocycles. The zero-order valence-electron chi connectivity index (χ0n) is 16.4. The molecule has 2 aliphatic rings. The molecule has 3 heterocycles. The molecule has 1 amide bonds. The van der Waals surface area contributed by atoms with Crippen molar-refractivity contribution in [1.29, 1.82) is 0 Å². The maximum atomic E-state index is 12.9. The Morgan fingerprint density at radius 2 is 2.00 bits per heavy atom. The number of aliphatic hydroxyl groups is 1. The molecule has 0 radical (unpaired) electrons. The number of carbonyl (C=O) groups is 2. The fourth-order valence-electron chi connectivity index (χ4n) is 3.98. The summed E-state index contributed by atoms with van der Waals surface area (Å²) in [5, 5.41) is 11.0. The number of hydrogen-bond donors (Lipinski definition) is 1. The van der Waals surface area contributed by atoms with E-state index in [2.05, 4.69) is 4.98 Å². The van der Waals surface area contributed by atoms with E-state index >= 15 is 0 Å². The smallest absolute Gasteiger partial charge is 0.295 e. The van der Waals surface area contributed by atoms with Crippen molar-refractivity contribution < 1.29 is 19.4 Å². The van der Waals surface area contributed by atoms with Crippen LogP contribution in [0.2, 0.25) is 0 Å². The van der Waals surface area contributed by atoms with Crippen molar-refractivity contribution in [3.63, 3.8) is 0 Å². The second kappa shape index (κ2) is 8.17. The topological polar surface area (TPSA) is 79.7 Å². The van der Waals surface area contributed by atoms with Gasteiger partial charge in [0, 0.05) is 24.9 Å². The van der Waals surface area contributed by atoms with Gasteiger partial charge in [-0.15, -0.1) is 0 Å². The van der Waals surface area contributed by atoms with Crippen molar-refractivity contribution >= 4 is 17.4 Å². The van der Waals surface area contributed by atoms with Crippen LogP contribution in [0.15, 0.2) is 54.2 Å². The zero-order valence-corrected chi connectivity index (χ0v) is 16.4. The van der Waals surface area contributed by atoms with E-state index in [0.717, 1.165) is 24.8 Å². The van der Waals surface area contributed by atoms with E-state index in [4.69, 9.17) is 4.74 Å². The number of ether oxygens (including phenoxy) is 1. The van der Waals surface area contributed by atoms with Crippen LogP contribution in [0.25, 0.3) is 5.76 Å². The average Bonchev–Trinajstić information content (AvgIpc) is 3.36. The van der Waals surface area contributed by atoms with E-state index in [0.29, 0.717) is 24.4 Å². The van der Waals surface area contributed by atoms with Crippen molar-refractivity contribution in [3.05, 3.63) is 71.1 Å². The lowest BCUT2D eigenvalue weighted by Crippen LogP contribution is -2.36. The van der Waals surface area contributed by atoms with Gasteiger partial charge in [-0.25, -0.2) is 0 Å². The van der Waals surface area contributed by atoms with E-state index < -0.39 is 17.7 Å². The van der Waals surface area contributed by atoms with Crippen molar-refractivity contribution in [3.8, 4) is 0 Å². The molecule has 1 aromatic carbocycles. The summed E-state index contributed by atoms with van der Waals surface area (Å²) in [5.41, 5.74) is 2.27. The van der Waals surface area contributed by atoms with Gasteiger partial charge in [-0.3, -0.25) is 14.6 Å². The van der Waals surface area contributed by atoms with Crippen LogP contribution >= 0.6 is 0 Å². The van der Waals surface area contributed by atoms with Gasteiger partial charge in [-0.1, -0.05) is 37.3 Å². The van der Waals surface area contributed by atoms with Gasteiger partial charge >= 0.3 is 0 Å². The van der Waals surface area contributed by atoms with Gasteiger partial charge in [0.15, 0.2) is 0 Å². The number of hydrogen-bond acceptors (Lipinski definition) is 5. The number of amides is 1. The number of rotatable bonds is 5. The third kappa shape index (κ3) is 3.68. The first-order chi connectivity index (χ1) is 14.1. The summed E-state index contributed by atoms with van der Waals surface area (Å²) in [4.78, 5) is 31.7. The van der Waals surface area contributed by atoms with Crippen molar-refractivity contribution in [1.82, 2.24) is 9.88 Å². The number of likely N-dealkylation sites (tertiary alicyclic amines) is 1. The standard InChI is InChI=1S/C23H24N2O4/c1-2-15-8-10-16(11-9-15)21(26)19-20(18-7-3-4-12-24-18)25(23(28)22(19)27)14-17-6-5-13-29-17/h3-4,7-12,17,20,26H,2,5-6,13-14H2,1H3/b21-19-. The molecule has 4 rings (SSSR count). The number of ketones is 1. The quantitative estimate of drug-likeness (QED) is 0.480. The summed E-state index contributed by atoms with van der Waals surface area (Å²) in [6, 6.07) is 12.0. The van der Waals surface area contributed by atoms with Crippen LogP contribution in [0.5, 0.6) is 0 Å². The minimum Gasteiger partial charge on any atom is -0.507 e. The normalized spacial score (nSPS) is 23.7. The van der Waals surface area contributed by atoms with Gasteiger partial charge in [-0.2, -0.15) is 0 Å². The number of aromatic nitrogens is 1. The summed E-state index contributed by atoms with van der Waals surface area (Å²) < 4.78 is 5.68. The molecule has 2 aromatic rings. The first-order valence-corrected chi connectivity index (χ1v) is 10.0. The molecule has 29 heavy (non-hydrogen) atoms. The molecule has 6 nitrogen and oxygen atoms in total. The second-order valence-corrected chi connectivity index (χ2v) is 7.39. The largest absolute Gasteiger partial charge is 0.507 e. The van der Waals surface area contributed by atoms with E-state index in [9.17, 15) is 14.7 Å². The molecule has 1 N–H and O–H groups in total. The Labute approximate surface area is 169 Å². The number of aryl methyl sites for hydroxylation is 1. The lowest BCUT2D eigenvalue weighted by Gasteiger charge is -2.26. The highest BCUT2D eigenvalue weighted by Gasteiger charge is 2.47. The highest BCUT2D eigenvalue weighted by atomic mass is 16.5. The van der Waals surface area contributed by atoms with E-state index in [-0.39, 0.29) is 17.4 Å². The third-order valence-corrected chi connectivity index (χ3v) is 5.57. The first kappa shape index (κ1) is 19.3. The monoisotopic (exact) mass is 392 g/mol. The van der Waals surface area contributed by atoms with Gasteiger partial charge in [0.2, 0.25) is 0 Å². The van der Waals surface area contributed by atoms with Crippen LogP contribution in [0.4, 0.5) is 0 Å². The maximum Gasteiger partial charge on any atom is 0.295 e. The van der Waals surface area contributed by atoms with E-state index in [1.54, 1.807) is 30.5 Å². The number of aliphatic hydroxyl groups excluding tert-OH is 1. The van der Waals surface area contributed by atoms with Crippen LogP contribution < -0.4 is 0 Å². The molecular formula is C23H24N2O4. The second-order valence-electron chi connectivity index (χ2n) is 7.39. The Morgan fingerprint density at radius 3 is 2.62 bits per heavy atom. The Bertz CT molecular complexity index is 931. The van der Waals surface area contributed by atoms with E-state index in [1.807, 2.05) is 25.1 Å². The molecule has 0 bridgehead atoms. The number of carbonyl (C=O) groups excluding carboxylic acids is 2. The highest BCUT2D eigenvalue weighted by molar-refractivity contribution is 6.46. The molecule has 0 saturated carbocycles. The SMILES string of the molecule is CCc1ccc(/C(O)=C2/C(=O)C(=O)N(CC3CCCO3)C2c2ccccn2)cc1. The van der Waals surface area contributed by atoms with Gasteiger partial charge in [0.05, 0.1) is 17.4 Å². The average molecular weight is 392 g/mol. The minimum absolute atomic E-state index is 0.0796. The van der Waals surface area contributed by atoms with Gasteiger partial charge < -0.3 is 14.7 Å². The van der Waals surface area contributed by atoms with Crippen LogP contribution in [0.1, 0.15) is 42.6 Å². The lowest BCUT2D eigenvalue weighted by molar-refractivity contribution is -0.140. The summed E-state index contributed by atoms with van der Waals surface area (Å²) >= 11 is 0. The number of nitrogens with zero attached hydrogens (tertiary/aromatic N) is 2. The Kier molecular flexibility index (Phi) is 5.45. The first-order valence-electron chi connectivity index (χ1n) is 10.0. The van der Waals surface area contributed by atoms with Crippen molar-refractivity contribution in [2.75, 3.05) is 13.2 Å². The fourth-order valence-corrected chi connectivity index (χ4v) is 3.98. The van der Waals surface area contributed by atoms with Gasteiger partial charge in [0.25, 0.3) is 11.7 Å². The molecule has 2 unspecified atom stereocenters. The molecule has 150 valence electrons. The molecule has 6 heteroatoms. The fraction of sp³-hybridized carbons (Fsp3) is 0.348. The zero-order chi connectivity index (χ0) is 20.4. The molecule has 2 fully saturated rings. The van der Waals surface area contributed by atoms with Crippen LogP contribution in [-0.2, 0) is 20.7 Å². The highest BCUT2D eigenvalue weighted by Crippen LogP contribution is 2.39. The number of Topliss-reactive ketones (excluding diaryl/α,β-unsaturated/α-hetero) is 1. The number of benzene rings is 1. The van der Waals surface area contributed by atoms with Crippen molar-refractivity contribution in [2.24, 2.45) is 0 Å². The van der Waals surface area contributed by atoms with Gasteiger partial charge in [-0.05, 0) is 37.0 Å². The maximum absolute atomic E-state index is 12.9. The predicted octanol–water partition coefficient (Wildman–Crippen LogP) is 3.24. The Hall–Kier alpha value is -2.99. The predicted molar refractivity (Wildman–Crippen MR) is 108 cm³/mol. The Morgan fingerprint density at radius 1 is 1.21 bits per heavy atom. The van der Waals surface area contributed by atoms with Crippen LogP contribution in [0.3, 0.4) is 0 Å². The molecular weight excluding hydrogens is 368 g/mol. The molecule has 2 atom stereocenters. The molecule has 0 aliphatic carbocycles. The molecule has 0 spiro atoms. The summed E-state index contributed by atoms with van der Waals surface area (Å²) in [7, 11) is 0. The van der Waals surface area contributed by atoms with Crippen molar-refractivity contribution in [2.45, 2.75) is 38.3 Å². The van der Waals surface area contributed by atoms with Crippen LogP contribution in [0, 0.1) is 0 Å². The van der Waals surface area contributed by atoms with Gasteiger partial charge in [0.1, 0.15) is 11.8 Å². The Balaban J connectivity index is 1.79.